The summed E-state index contributed by atoms with van der Waals surface area (Å²) in [6, 6.07) is 0. The van der Waals surface area contributed by atoms with E-state index in [4.69, 9.17) is 0 Å². The molecule has 1 rings (SSSR count). The molecule has 0 aromatic rings. The van der Waals surface area contributed by atoms with Gasteiger partial charge >= 0.3 is 0 Å². The first-order valence-corrected chi connectivity index (χ1v) is 3.15. The lowest BCUT2D eigenvalue weighted by Crippen LogP contribution is -1.91. The number of ketones is 1. The van der Waals surface area contributed by atoms with Crippen molar-refractivity contribution in [3.05, 3.63) is 23.9 Å². The number of rotatable bonds is 2. The summed E-state index contributed by atoms with van der Waals surface area (Å²) in [6.07, 6.45) is 3.02. The van der Waals surface area contributed by atoms with Crippen molar-refractivity contribution < 1.29 is 4.79 Å². The van der Waals surface area contributed by atoms with Crippen LogP contribution in [0.15, 0.2) is 28.9 Å². The molecule has 0 N–H and O–H groups in total. The molecule has 0 saturated heterocycles. The predicted octanol–water partition coefficient (Wildman–Crippen LogP) is 1.49. The van der Waals surface area contributed by atoms with Crippen LogP contribution in [0.2, 0.25) is 0 Å². The van der Waals surface area contributed by atoms with Crippen LogP contribution in [0, 0.1) is 0 Å². The normalized spacial score (nSPS) is 17.8. The van der Waals surface area contributed by atoms with Gasteiger partial charge in [-0.25, -0.2) is 0 Å². The molecule has 52 valence electrons. The second-order valence-corrected chi connectivity index (χ2v) is 2.16. The van der Waals surface area contributed by atoms with Crippen LogP contribution in [0.5, 0.6) is 0 Å². The van der Waals surface area contributed by atoms with Crippen molar-refractivity contribution in [3.8, 4) is 0 Å². The van der Waals surface area contributed by atoms with Gasteiger partial charge in [0.05, 0.1) is 0 Å². The Morgan fingerprint density at radius 2 is 2.20 bits per heavy atom. The standard InChI is InChI=1S/C8H9NO/c1-3-6-4-5-7(10)8(6)9-2/h3H,1-2,4-5H2. The van der Waals surface area contributed by atoms with Crippen LogP contribution in [0.25, 0.3) is 0 Å². The molecule has 1 aliphatic rings. The molecule has 0 radical (unpaired) electrons. The number of hydrogen-bond donors (Lipinski definition) is 0. The molecule has 0 amide bonds. The highest BCUT2D eigenvalue weighted by Crippen LogP contribution is 2.23. The summed E-state index contributed by atoms with van der Waals surface area (Å²) in [5.41, 5.74) is 1.44. The second kappa shape index (κ2) is 2.60. The molecule has 0 spiro atoms. The molecule has 0 aromatic heterocycles. The summed E-state index contributed by atoms with van der Waals surface area (Å²) in [4.78, 5) is 14.6. The zero-order chi connectivity index (χ0) is 7.56. The van der Waals surface area contributed by atoms with E-state index >= 15 is 0 Å². The van der Waals surface area contributed by atoms with Gasteiger partial charge in [-0.05, 0) is 18.7 Å². The van der Waals surface area contributed by atoms with Gasteiger partial charge in [-0.3, -0.25) is 9.79 Å². The van der Waals surface area contributed by atoms with Gasteiger partial charge in [0.2, 0.25) is 0 Å². The van der Waals surface area contributed by atoms with Crippen molar-refractivity contribution in [2.75, 3.05) is 0 Å². The highest BCUT2D eigenvalue weighted by Gasteiger charge is 2.19. The summed E-state index contributed by atoms with van der Waals surface area (Å²) < 4.78 is 0. The number of carbonyl (C=O) groups excluding carboxylic acids is 1. The smallest absolute Gasteiger partial charge is 0.181 e. The van der Waals surface area contributed by atoms with E-state index in [1.54, 1.807) is 6.08 Å². The van der Waals surface area contributed by atoms with Gasteiger partial charge in [0.25, 0.3) is 0 Å². The van der Waals surface area contributed by atoms with Gasteiger partial charge in [0.15, 0.2) is 5.78 Å². The fraction of sp³-hybridized carbons (Fsp3) is 0.250. The van der Waals surface area contributed by atoms with E-state index in [-0.39, 0.29) is 5.78 Å². The number of allylic oxidation sites excluding steroid dienone is 3. The molecule has 0 aromatic carbocycles. The molecule has 0 unspecified atom stereocenters. The van der Waals surface area contributed by atoms with Crippen LogP contribution in [-0.4, -0.2) is 12.5 Å². The lowest BCUT2D eigenvalue weighted by atomic mass is 10.2. The van der Waals surface area contributed by atoms with Crippen LogP contribution < -0.4 is 0 Å². The lowest BCUT2D eigenvalue weighted by molar-refractivity contribution is -0.114. The monoisotopic (exact) mass is 135 g/mol. The fourth-order valence-electron chi connectivity index (χ4n) is 1.05. The van der Waals surface area contributed by atoms with Gasteiger partial charge in [-0.2, -0.15) is 0 Å². The third-order valence-electron chi connectivity index (χ3n) is 1.59. The maximum absolute atomic E-state index is 10.9. The third-order valence-corrected chi connectivity index (χ3v) is 1.59. The van der Waals surface area contributed by atoms with E-state index in [1.807, 2.05) is 0 Å². The van der Waals surface area contributed by atoms with Crippen molar-refractivity contribution in [1.82, 2.24) is 0 Å². The van der Waals surface area contributed by atoms with E-state index in [9.17, 15) is 4.79 Å². The second-order valence-electron chi connectivity index (χ2n) is 2.16. The third kappa shape index (κ3) is 0.923. The quantitative estimate of drug-likeness (QED) is 0.527. The van der Waals surface area contributed by atoms with Crippen LogP contribution in [-0.2, 0) is 4.79 Å². The number of carbonyl (C=O) groups is 1. The number of nitrogens with zero attached hydrogens (tertiary/aromatic N) is 1. The highest BCUT2D eigenvalue weighted by molar-refractivity contribution is 5.99. The van der Waals surface area contributed by atoms with Gasteiger partial charge in [-0.1, -0.05) is 12.7 Å². The Labute approximate surface area is 60.0 Å². The lowest BCUT2D eigenvalue weighted by Gasteiger charge is -1.90. The zero-order valence-corrected chi connectivity index (χ0v) is 5.76. The Morgan fingerprint density at radius 1 is 1.50 bits per heavy atom. The van der Waals surface area contributed by atoms with Crippen LogP contribution in [0.4, 0.5) is 0 Å². The maximum atomic E-state index is 10.9. The van der Waals surface area contributed by atoms with E-state index in [2.05, 4.69) is 18.3 Å². The van der Waals surface area contributed by atoms with E-state index in [1.165, 1.54) is 0 Å². The SMILES string of the molecule is C=CC1=C(N=C)C(=O)CC1. The first-order chi connectivity index (χ1) is 4.79. The summed E-state index contributed by atoms with van der Waals surface area (Å²) in [5.74, 6) is 0.0879. The van der Waals surface area contributed by atoms with Crippen molar-refractivity contribution in [2.45, 2.75) is 12.8 Å². The zero-order valence-electron chi connectivity index (χ0n) is 5.76. The van der Waals surface area contributed by atoms with Crippen molar-refractivity contribution in [2.24, 2.45) is 4.99 Å². The molecule has 0 atom stereocenters. The first-order valence-electron chi connectivity index (χ1n) is 3.15. The molecule has 0 heterocycles. The number of aliphatic imine (C=N–C) groups is 1. The molecule has 10 heavy (non-hydrogen) atoms. The topological polar surface area (TPSA) is 29.4 Å². The summed E-state index contributed by atoms with van der Waals surface area (Å²) in [5, 5.41) is 0. The summed E-state index contributed by atoms with van der Waals surface area (Å²) in [6.45, 7) is 6.89. The molecular formula is C8H9NO. The minimum absolute atomic E-state index is 0.0879. The largest absolute Gasteiger partial charge is 0.292 e. The van der Waals surface area contributed by atoms with Crippen molar-refractivity contribution in [3.63, 3.8) is 0 Å². The van der Waals surface area contributed by atoms with Gasteiger partial charge in [0, 0.05) is 6.42 Å². The predicted molar refractivity (Wildman–Crippen MR) is 41.0 cm³/mol. The summed E-state index contributed by atoms with van der Waals surface area (Å²) >= 11 is 0. The maximum Gasteiger partial charge on any atom is 0.181 e. The van der Waals surface area contributed by atoms with Crippen molar-refractivity contribution in [1.29, 1.82) is 0 Å². The summed E-state index contributed by atoms with van der Waals surface area (Å²) in [7, 11) is 0. The minimum atomic E-state index is 0.0879. The Kier molecular flexibility index (Phi) is 1.81. The first kappa shape index (κ1) is 6.93. The molecule has 0 fully saturated rings. The molecule has 0 aliphatic heterocycles. The highest BCUT2D eigenvalue weighted by atomic mass is 16.1. The number of hydrogen-bond acceptors (Lipinski definition) is 2. The van der Waals surface area contributed by atoms with E-state index in [0.717, 1.165) is 12.0 Å². The Bertz CT molecular complexity index is 225. The molecular weight excluding hydrogens is 126 g/mol. The Morgan fingerprint density at radius 3 is 2.60 bits per heavy atom. The van der Waals surface area contributed by atoms with E-state index < -0.39 is 0 Å². The van der Waals surface area contributed by atoms with Crippen LogP contribution in [0.1, 0.15) is 12.8 Å². The molecule has 2 nitrogen and oxygen atoms in total. The molecule has 1 aliphatic carbocycles. The molecule has 0 bridgehead atoms. The van der Waals surface area contributed by atoms with Gasteiger partial charge < -0.3 is 0 Å². The Hall–Kier alpha value is -1.18. The fourth-order valence-corrected chi connectivity index (χ4v) is 1.05. The number of Topliss-reactive ketones (excluding diaryl/α,β-unsaturated/α-hetero) is 1. The van der Waals surface area contributed by atoms with E-state index in [0.29, 0.717) is 12.1 Å². The molecule has 0 saturated carbocycles. The van der Waals surface area contributed by atoms with Crippen molar-refractivity contribution >= 4 is 12.5 Å². The van der Waals surface area contributed by atoms with Crippen LogP contribution >= 0.6 is 0 Å². The van der Waals surface area contributed by atoms with Gasteiger partial charge in [0.1, 0.15) is 5.70 Å². The average Bonchev–Trinajstić information content (AvgIpc) is 2.30. The molecule has 2 heteroatoms. The van der Waals surface area contributed by atoms with Crippen LogP contribution in [0.3, 0.4) is 0 Å². The Balaban J connectivity index is 3.02. The van der Waals surface area contributed by atoms with Gasteiger partial charge in [-0.15, -0.1) is 0 Å². The average molecular weight is 135 g/mol. The minimum Gasteiger partial charge on any atom is -0.292 e.